The lowest BCUT2D eigenvalue weighted by Crippen LogP contribution is -2.61. The monoisotopic (exact) mass is 431 g/mol. The van der Waals surface area contributed by atoms with Crippen LogP contribution in [0.2, 0.25) is 0 Å². The van der Waals surface area contributed by atoms with Gasteiger partial charge in [0, 0.05) is 51.6 Å². The zero-order valence-corrected chi connectivity index (χ0v) is 18.6. The SMILES string of the molecule is COCCN1CC2CN(CC(=O)NCCc3ccccn3)C(=O)N2C(CC(C)C)C1=O. The molecule has 0 aromatic carbocycles. The largest absolute Gasteiger partial charge is 0.383 e. The first kappa shape index (κ1) is 23.0. The van der Waals surface area contributed by atoms with E-state index >= 15 is 0 Å². The third-order valence-electron chi connectivity index (χ3n) is 5.70. The number of rotatable bonds is 10. The molecule has 2 aliphatic rings. The molecule has 0 bridgehead atoms. The third kappa shape index (κ3) is 5.72. The smallest absolute Gasteiger partial charge is 0.321 e. The van der Waals surface area contributed by atoms with Crippen LogP contribution in [0, 0.1) is 5.92 Å². The number of fused-ring (bicyclic) bond motifs is 1. The Morgan fingerprint density at radius 1 is 1.26 bits per heavy atom. The highest BCUT2D eigenvalue weighted by Gasteiger charge is 2.49. The minimum atomic E-state index is -0.486. The van der Waals surface area contributed by atoms with Gasteiger partial charge in [0.05, 0.1) is 12.6 Å². The highest BCUT2D eigenvalue weighted by Crippen LogP contribution is 2.28. The van der Waals surface area contributed by atoms with Crippen molar-refractivity contribution in [3.8, 4) is 0 Å². The zero-order valence-electron chi connectivity index (χ0n) is 18.6. The van der Waals surface area contributed by atoms with E-state index in [2.05, 4.69) is 10.3 Å². The minimum absolute atomic E-state index is 0.00525. The van der Waals surface area contributed by atoms with Crippen LogP contribution in [0.3, 0.4) is 0 Å². The van der Waals surface area contributed by atoms with Gasteiger partial charge in [-0.25, -0.2) is 4.79 Å². The Morgan fingerprint density at radius 2 is 2.03 bits per heavy atom. The van der Waals surface area contributed by atoms with Gasteiger partial charge in [-0.05, 0) is 24.5 Å². The molecule has 31 heavy (non-hydrogen) atoms. The Labute approximate surface area is 183 Å². The molecule has 1 aromatic heterocycles. The number of ether oxygens (including phenoxy) is 1. The van der Waals surface area contributed by atoms with Gasteiger partial charge in [-0.15, -0.1) is 0 Å². The molecule has 3 rings (SSSR count). The summed E-state index contributed by atoms with van der Waals surface area (Å²) in [4.78, 5) is 47.8. The van der Waals surface area contributed by atoms with Gasteiger partial charge < -0.3 is 24.8 Å². The first-order chi connectivity index (χ1) is 14.9. The number of nitrogens with zero attached hydrogens (tertiary/aromatic N) is 4. The predicted octanol–water partition coefficient (Wildman–Crippen LogP) is 0.750. The quantitative estimate of drug-likeness (QED) is 0.590. The van der Waals surface area contributed by atoms with Crippen LogP contribution < -0.4 is 5.32 Å². The number of aromatic nitrogens is 1. The molecule has 9 heteroatoms. The van der Waals surface area contributed by atoms with Gasteiger partial charge in [0.2, 0.25) is 11.8 Å². The first-order valence-corrected chi connectivity index (χ1v) is 10.9. The fourth-order valence-corrected chi connectivity index (χ4v) is 4.25. The number of carbonyl (C=O) groups excluding carboxylic acids is 3. The van der Waals surface area contributed by atoms with E-state index in [9.17, 15) is 14.4 Å². The van der Waals surface area contributed by atoms with Gasteiger partial charge in [-0.1, -0.05) is 19.9 Å². The van der Waals surface area contributed by atoms with Crippen molar-refractivity contribution in [1.29, 1.82) is 0 Å². The summed E-state index contributed by atoms with van der Waals surface area (Å²) in [5, 5.41) is 2.86. The van der Waals surface area contributed by atoms with Gasteiger partial charge in [0.1, 0.15) is 12.6 Å². The normalized spacial score (nSPS) is 21.1. The number of pyridine rings is 1. The van der Waals surface area contributed by atoms with E-state index in [0.29, 0.717) is 45.6 Å². The van der Waals surface area contributed by atoms with Gasteiger partial charge in [-0.3, -0.25) is 14.6 Å². The summed E-state index contributed by atoms with van der Waals surface area (Å²) in [6.07, 6.45) is 2.96. The summed E-state index contributed by atoms with van der Waals surface area (Å²) in [5.41, 5.74) is 0.906. The molecule has 0 aliphatic carbocycles. The molecule has 2 unspecified atom stereocenters. The number of amides is 4. The molecule has 2 fully saturated rings. The summed E-state index contributed by atoms with van der Waals surface area (Å²) in [5.74, 6) is 0.0397. The van der Waals surface area contributed by atoms with Crippen molar-refractivity contribution in [2.24, 2.45) is 5.92 Å². The Kier molecular flexibility index (Phi) is 7.84. The molecule has 0 saturated carbocycles. The maximum Gasteiger partial charge on any atom is 0.321 e. The van der Waals surface area contributed by atoms with Crippen LogP contribution >= 0.6 is 0 Å². The zero-order chi connectivity index (χ0) is 22.4. The topological polar surface area (TPSA) is 95.1 Å². The average Bonchev–Trinajstić information content (AvgIpc) is 3.04. The number of nitrogens with one attached hydrogen (secondary N) is 1. The van der Waals surface area contributed by atoms with Crippen LogP contribution in [0.5, 0.6) is 0 Å². The minimum Gasteiger partial charge on any atom is -0.383 e. The van der Waals surface area contributed by atoms with Crippen molar-refractivity contribution in [2.75, 3.05) is 46.4 Å². The van der Waals surface area contributed by atoms with Crippen molar-refractivity contribution in [2.45, 2.75) is 38.8 Å². The molecule has 0 spiro atoms. The van der Waals surface area contributed by atoms with Crippen molar-refractivity contribution >= 4 is 17.8 Å². The molecule has 2 atom stereocenters. The molecule has 3 heterocycles. The van der Waals surface area contributed by atoms with E-state index in [4.69, 9.17) is 4.74 Å². The van der Waals surface area contributed by atoms with Gasteiger partial charge >= 0.3 is 6.03 Å². The summed E-state index contributed by atoms with van der Waals surface area (Å²) >= 11 is 0. The van der Waals surface area contributed by atoms with E-state index in [1.807, 2.05) is 32.0 Å². The van der Waals surface area contributed by atoms with Crippen molar-refractivity contribution < 1.29 is 19.1 Å². The Morgan fingerprint density at radius 3 is 2.71 bits per heavy atom. The van der Waals surface area contributed by atoms with Crippen LogP contribution in [0.1, 0.15) is 26.0 Å². The Balaban J connectivity index is 1.59. The molecule has 4 amide bonds. The first-order valence-electron chi connectivity index (χ1n) is 10.9. The number of carbonyl (C=O) groups is 3. The fourth-order valence-electron chi connectivity index (χ4n) is 4.25. The molecule has 2 aliphatic heterocycles. The van der Waals surface area contributed by atoms with Crippen molar-refractivity contribution in [3.63, 3.8) is 0 Å². The van der Waals surface area contributed by atoms with Gasteiger partial charge in [-0.2, -0.15) is 0 Å². The lowest BCUT2D eigenvalue weighted by Gasteiger charge is -2.42. The number of hydrogen-bond donors (Lipinski definition) is 1. The maximum atomic E-state index is 13.1. The average molecular weight is 432 g/mol. The highest BCUT2D eigenvalue weighted by molar-refractivity contribution is 5.91. The lowest BCUT2D eigenvalue weighted by atomic mass is 9.97. The standard InChI is InChI=1S/C22H33N5O4/c1-16(2)12-19-21(29)25(10-11-31-3)13-18-14-26(22(30)27(18)19)15-20(28)24-9-7-17-6-4-5-8-23-17/h4-6,8,16,18-19H,7,9-15H2,1-3H3,(H,24,28). The summed E-state index contributed by atoms with van der Waals surface area (Å²) in [6.45, 7) is 6.43. The fraction of sp³-hybridized carbons (Fsp3) is 0.636. The van der Waals surface area contributed by atoms with Crippen molar-refractivity contribution in [1.82, 2.24) is 25.0 Å². The molecular formula is C22H33N5O4. The van der Waals surface area contributed by atoms with E-state index in [0.717, 1.165) is 5.69 Å². The number of piperazine rings is 1. The molecule has 170 valence electrons. The van der Waals surface area contributed by atoms with Crippen LogP contribution in [-0.4, -0.2) is 96.1 Å². The molecule has 0 radical (unpaired) electrons. The van der Waals surface area contributed by atoms with Crippen molar-refractivity contribution in [3.05, 3.63) is 30.1 Å². The highest BCUT2D eigenvalue weighted by atomic mass is 16.5. The number of urea groups is 1. The van der Waals surface area contributed by atoms with E-state index in [1.165, 1.54) is 0 Å². The molecule has 9 nitrogen and oxygen atoms in total. The van der Waals surface area contributed by atoms with Crippen LogP contribution in [0.15, 0.2) is 24.4 Å². The second-order valence-corrected chi connectivity index (χ2v) is 8.57. The van der Waals surface area contributed by atoms with Crippen LogP contribution in [0.25, 0.3) is 0 Å². The molecule has 1 aromatic rings. The second-order valence-electron chi connectivity index (χ2n) is 8.57. The van der Waals surface area contributed by atoms with Crippen LogP contribution in [-0.2, 0) is 20.7 Å². The Hall–Kier alpha value is -2.68. The molecule has 1 N–H and O–H groups in total. The van der Waals surface area contributed by atoms with Crippen LogP contribution in [0.4, 0.5) is 4.79 Å². The number of hydrogen-bond acceptors (Lipinski definition) is 5. The predicted molar refractivity (Wildman–Crippen MR) is 115 cm³/mol. The summed E-state index contributed by atoms with van der Waals surface area (Å²) in [6, 6.07) is 4.86. The maximum absolute atomic E-state index is 13.1. The van der Waals surface area contributed by atoms with E-state index in [-0.39, 0.29) is 36.3 Å². The molecular weight excluding hydrogens is 398 g/mol. The third-order valence-corrected chi connectivity index (χ3v) is 5.70. The second kappa shape index (κ2) is 10.6. The van der Waals surface area contributed by atoms with E-state index in [1.54, 1.807) is 28.0 Å². The van der Waals surface area contributed by atoms with E-state index < -0.39 is 6.04 Å². The Bertz CT molecular complexity index is 772. The molecule has 2 saturated heterocycles. The van der Waals surface area contributed by atoms with Gasteiger partial charge in [0.15, 0.2) is 0 Å². The number of methoxy groups -OCH3 is 1. The lowest BCUT2D eigenvalue weighted by molar-refractivity contribution is -0.143. The summed E-state index contributed by atoms with van der Waals surface area (Å²) in [7, 11) is 1.61. The van der Waals surface area contributed by atoms with Gasteiger partial charge in [0.25, 0.3) is 0 Å². The summed E-state index contributed by atoms with van der Waals surface area (Å²) < 4.78 is 5.14.